The van der Waals surface area contributed by atoms with Crippen LogP contribution in [0.1, 0.15) is 13.8 Å². The number of benzene rings is 1. The molecule has 2 aromatic rings. The lowest BCUT2D eigenvalue weighted by Gasteiger charge is -2.22. The van der Waals surface area contributed by atoms with Crippen LogP contribution in [0.3, 0.4) is 0 Å². The third kappa shape index (κ3) is 4.16. The number of amides is 2. The van der Waals surface area contributed by atoms with Crippen LogP contribution in [0.2, 0.25) is 0 Å². The molecule has 0 spiro atoms. The topological polar surface area (TPSA) is 54.5 Å². The van der Waals surface area contributed by atoms with Crippen LogP contribution in [0.5, 0.6) is 0 Å². The summed E-state index contributed by atoms with van der Waals surface area (Å²) in [7, 11) is 1.76. The molecule has 0 aliphatic heterocycles. The molecule has 0 radical (unpaired) electrons. The minimum Gasteiger partial charge on any atom is -0.377 e. The molecule has 1 atom stereocenters. The van der Waals surface area contributed by atoms with Crippen LogP contribution < -0.4 is 5.32 Å². The zero-order valence-electron chi connectivity index (χ0n) is 12.7. The van der Waals surface area contributed by atoms with Crippen molar-refractivity contribution >= 4 is 22.6 Å². The lowest BCUT2D eigenvalue weighted by Crippen LogP contribution is -2.37. The monoisotopic (exact) mass is 287 g/mol. The molecule has 5 nitrogen and oxygen atoms in total. The quantitative estimate of drug-likeness (QED) is 0.919. The first-order valence-electron chi connectivity index (χ1n) is 7.08. The molecule has 1 N–H and O–H groups in total. The zero-order chi connectivity index (χ0) is 15.2. The average Bonchev–Trinajstić information content (AvgIpc) is 2.47. The molecule has 1 heterocycles. The number of aromatic nitrogens is 1. The maximum atomic E-state index is 12.1. The van der Waals surface area contributed by atoms with Crippen molar-refractivity contribution < 1.29 is 9.53 Å². The standard InChI is InChI=1S/C16H21N3O2/c1-4-21-12(2)11-19(3)16(20)18-14-7-8-15-13(10-14)6-5-9-17-15/h5-10,12H,4,11H2,1-3H3,(H,18,20)/t12-/m0/s1. The minimum absolute atomic E-state index is 0.0200. The molecular weight excluding hydrogens is 266 g/mol. The summed E-state index contributed by atoms with van der Waals surface area (Å²) in [5.41, 5.74) is 1.67. The molecule has 112 valence electrons. The van der Waals surface area contributed by atoms with E-state index in [0.717, 1.165) is 16.6 Å². The Hall–Kier alpha value is -2.14. The summed E-state index contributed by atoms with van der Waals surface area (Å²) in [6.45, 7) is 5.10. The Kier molecular flexibility index (Phi) is 5.11. The Labute approximate surface area is 124 Å². The fraction of sp³-hybridized carbons (Fsp3) is 0.375. The summed E-state index contributed by atoms with van der Waals surface area (Å²) in [5.74, 6) is 0. The zero-order valence-corrected chi connectivity index (χ0v) is 12.7. The second-order valence-corrected chi connectivity index (χ2v) is 4.99. The number of rotatable bonds is 5. The van der Waals surface area contributed by atoms with Crippen molar-refractivity contribution in [2.75, 3.05) is 25.5 Å². The van der Waals surface area contributed by atoms with E-state index in [-0.39, 0.29) is 12.1 Å². The first-order chi connectivity index (χ1) is 10.1. The van der Waals surface area contributed by atoms with E-state index >= 15 is 0 Å². The van der Waals surface area contributed by atoms with Crippen molar-refractivity contribution in [2.45, 2.75) is 20.0 Å². The lowest BCUT2D eigenvalue weighted by molar-refractivity contribution is 0.0594. The van der Waals surface area contributed by atoms with Gasteiger partial charge in [0, 0.05) is 37.5 Å². The predicted octanol–water partition coefficient (Wildman–Crippen LogP) is 3.12. The summed E-state index contributed by atoms with van der Waals surface area (Å²) in [6.07, 6.45) is 1.77. The van der Waals surface area contributed by atoms with Gasteiger partial charge in [-0.15, -0.1) is 0 Å². The molecule has 0 fully saturated rings. The summed E-state index contributed by atoms with van der Waals surface area (Å²) in [4.78, 5) is 18.0. The number of likely N-dealkylation sites (N-methyl/N-ethyl adjacent to an activating group) is 1. The highest BCUT2D eigenvalue weighted by Crippen LogP contribution is 2.17. The van der Waals surface area contributed by atoms with E-state index in [1.165, 1.54) is 0 Å². The van der Waals surface area contributed by atoms with Crippen molar-refractivity contribution in [1.82, 2.24) is 9.88 Å². The van der Waals surface area contributed by atoms with Crippen molar-refractivity contribution in [3.63, 3.8) is 0 Å². The number of ether oxygens (including phenoxy) is 1. The Morgan fingerprint density at radius 2 is 2.24 bits per heavy atom. The third-order valence-corrected chi connectivity index (χ3v) is 3.18. The smallest absolute Gasteiger partial charge is 0.321 e. The molecule has 0 unspecified atom stereocenters. The molecule has 2 rings (SSSR count). The molecule has 1 aromatic heterocycles. The van der Waals surface area contributed by atoms with E-state index < -0.39 is 0 Å². The number of hydrogen-bond acceptors (Lipinski definition) is 3. The fourth-order valence-corrected chi connectivity index (χ4v) is 2.18. The van der Waals surface area contributed by atoms with Crippen LogP contribution in [0.4, 0.5) is 10.5 Å². The van der Waals surface area contributed by atoms with Crippen molar-refractivity contribution in [1.29, 1.82) is 0 Å². The number of nitrogens with one attached hydrogen (secondary N) is 1. The van der Waals surface area contributed by atoms with E-state index in [2.05, 4.69) is 10.3 Å². The normalized spacial score (nSPS) is 12.1. The largest absolute Gasteiger partial charge is 0.377 e. The van der Waals surface area contributed by atoms with Crippen molar-refractivity contribution in [3.05, 3.63) is 36.5 Å². The predicted molar refractivity (Wildman–Crippen MR) is 84.5 cm³/mol. The highest BCUT2D eigenvalue weighted by molar-refractivity contribution is 5.92. The second-order valence-electron chi connectivity index (χ2n) is 4.99. The van der Waals surface area contributed by atoms with Gasteiger partial charge in [0.05, 0.1) is 11.6 Å². The Bertz CT molecular complexity index is 615. The van der Waals surface area contributed by atoms with Gasteiger partial charge in [-0.25, -0.2) is 4.79 Å². The van der Waals surface area contributed by atoms with Gasteiger partial charge in [-0.05, 0) is 38.1 Å². The molecule has 2 amide bonds. The number of carbonyl (C=O) groups excluding carboxylic acids is 1. The van der Waals surface area contributed by atoms with E-state index in [0.29, 0.717) is 13.2 Å². The highest BCUT2D eigenvalue weighted by Gasteiger charge is 2.12. The second kappa shape index (κ2) is 7.04. The van der Waals surface area contributed by atoms with Gasteiger partial charge in [0.1, 0.15) is 0 Å². The number of hydrogen-bond donors (Lipinski definition) is 1. The van der Waals surface area contributed by atoms with Crippen molar-refractivity contribution in [3.8, 4) is 0 Å². The van der Waals surface area contributed by atoms with Crippen LogP contribution >= 0.6 is 0 Å². The maximum absolute atomic E-state index is 12.1. The number of carbonyl (C=O) groups is 1. The Balaban J connectivity index is 2.00. The number of fused-ring (bicyclic) bond motifs is 1. The molecule has 21 heavy (non-hydrogen) atoms. The summed E-state index contributed by atoms with van der Waals surface area (Å²) in [5, 5.41) is 3.89. The Morgan fingerprint density at radius 3 is 3.00 bits per heavy atom. The summed E-state index contributed by atoms with van der Waals surface area (Å²) in [6, 6.07) is 9.37. The van der Waals surface area contributed by atoms with Crippen LogP contribution in [-0.2, 0) is 4.74 Å². The lowest BCUT2D eigenvalue weighted by atomic mass is 10.2. The van der Waals surface area contributed by atoms with Crippen molar-refractivity contribution in [2.24, 2.45) is 0 Å². The van der Waals surface area contributed by atoms with Gasteiger partial charge in [0.25, 0.3) is 0 Å². The average molecular weight is 287 g/mol. The van der Waals surface area contributed by atoms with Gasteiger partial charge < -0.3 is 15.0 Å². The van der Waals surface area contributed by atoms with Gasteiger partial charge >= 0.3 is 6.03 Å². The third-order valence-electron chi connectivity index (χ3n) is 3.18. The van der Waals surface area contributed by atoms with Crippen LogP contribution in [-0.4, -0.2) is 42.2 Å². The SMILES string of the molecule is CCO[C@@H](C)CN(C)C(=O)Nc1ccc2ncccc2c1. The van der Waals surface area contributed by atoms with Gasteiger partial charge in [-0.1, -0.05) is 6.07 Å². The molecular formula is C16H21N3O2. The van der Waals surface area contributed by atoms with E-state index in [1.807, 2.05) is 44.2 Å². The molecule has 0 aliphatic carbocycles. The number of anilines is 1. The molecule has 0 aliphatic rings. The van der Waals surface area contributed by atoms with Crippen LogP contribution in [0.25, 0.3) is 10.9 Å². The number of nitrogens with zero attached hydrogens (tertiary/aromatic N) is 2. The summed E-state index contributed by atoms with van der Waals surface area (Å²) >= 11 is 0. The number of pyridine rings is 1. The first-order valence-corrected chi connectivity index (χ1v) is 7.08. The molecule has 1 aromatic carbocycles. The fourth-order valence-electron chi connectivity index (χ4n) is 2.18. The first kappa shape index (κ1) is 15.3. The molecule has 0 saturated heterocycles. The maximum Gasteiger partial charge on any atom is 0.321 e. The Morgan fingerprint density at radius 1 is 1.43 bits per heavy atom. The molecule has 0 saturated carbocycles. The van der Waals surface area contributed by atoms with Gasteiger partial charge in [0.15, 0.2) is 0 Å². The van der Waals surface area contributed by atoms with E-state index in [4.69, 9.17) is 4.74 Å². The van der Waals surface area contributed by atoms with Gasteiger partial charge in [-0.3, -0.25) is 4.98 Å². The molecule has 5 heteroatoms. The van der Waals surface area contributed by atoms with Crippen LogP contribution in [0, 0.1) is 0 Å². The summed E-state index contributed by atoms with van der Waals surface area (Å²) < 4.78 is 5.44. The highest BCUT2D eigenvalue weighted by atomic mass is 16.5. The minimum atomic E-state index is -0.148. The van der Waals surface area contributed by atoms with Gasteiger partial charge in [-0.2, -0.15) is 0 Å². The van der Waals surface area contributed by atoms with Crippen LogP contribution in [0.15, 0.2) is 36.5 Å². The van der Waals surface area contributed by atoms with E-state index in [1.54, 1.807) is 18.1 Å². The molecule has 0 bridgehead atoms. The number of urea groups is 1. The van der Waals surface area contributed by atoms with Gasteiger partial charge in [0.2, 0.25) is 0 Å². The van der Waals surface area contributed by atoms with E-state index in [9.17, 15) is 4.79 Å².